The Morgan fingerprint density at radius 3 is 2.10 bits per heavy atom. The van der Waals surface area contributed by atoms with E-state index in [0.29, 0.717) is 0 Å². The number of benzene rings is 1. The summed E-state index contributed by atoms with van der Waals surface area (Å²) in [5.74, 6) is 0. The minimum Gasteiger partial charge on any atom is -0.311 e. The Kier molecular flexibility index (Phi) is 5.70. The molecule has 2 nitrogen and oxygen atoms in total. The molecule has 21 heavy (non-hydrogen) atoms. The summed E-state index contributed by atoms with van der Waals surface area (Å²) in [5.41, 5.74) is 1.45. The number of likely N-dealkylation sites (tertiary alicyclic amines) is 1. The van der Waals surface area contributed by atoms with Crippen molar-refractivity contribution in [2.45, 2.75) is 70.0 Å². The highest BCUT2D eigenvalue weighted by atomic mass is 15.1. The average Bonchev–Trinajstić information content (AvgIpc) is 2.79. The van der Waals surface area contributed by atoms with Gasteiger partial charge in [0.15, 0.2) is 0 Å². The van der Waals surface area contributed by atoms with Crippen molar-refractivity contribution in [2.75, 3.05) is 13.1 Å². The molecule has 1 aromatic rings. The van der Waals surface area contributed by atoms with Crippen molar-refractivity contribution in [2.24, 2.45) is 0 Å². The maximum atomic E-state index is 3.96. The molecule has 1 aliphatic heterocycles. The van der Waals surface area contributed by atoms with Crippen molar-refractivity contribution in [3.8, 4) is 0 Å². The van der Waals surface area contributed by atoms with Crippen LogP contribution in [0, 0.1) is 0 Å². The van der Waals surface area contributed by atoms with E-state index < -0.39 is 0 Å². The monoisotopic (exact) mass is 286 g/mol. The zero-order valence-corrected chi connectivity index (χ0v) is 13.3. The smallest absolute Gasteiger partial charge is 0.0233 e. The van der Waals surface area contributed by atoms with Crippen LogP contribution in [0.3, 0.4) is 0 Å². The first kappa shape index (κ1) is 15.1. The fourth-order valence-electron chi connectivity index (χ4n) is 3.88. The molecule has 2 fully saturated rings. The fraction of sp³-hybridized carbons (Fsp3) is 0.684. The Hall–Kier alpha value is -0.860. The molecule has 0 bridgehead atoms. The normalized spacial score (nSPS) is 23.0. The van der Waals surface area contributed by atoms with Crippen LogP contribution in [0.25, 0.3) is 0 Å². The molecule has 1 N–H and O–H groups in total. The van der Waals surface area contributed by atoms with Gasteiger partial charge in [-0.05, 0) is 44.3 Å². The van der Waals surface area contributed by atoms with Crippen LogP contribution >= 0.6 is 0 Å². The Morgan fingerprint density at radius 2 is 1.43 bits per heavy atom. The van der Waals surface area contributed by atoms with Crippen molar-refractivity contribution in [3.05, 3.63) is 35.9 Å². The van der Waals surface area contributed by atoms with Crippen molar-refractivity contribution in [3.63, 3.8) is 0 Å². The van der Waals surface area contributed by atoms with Crippen molar-refractivity contribution in [1.82, 2.24) is 10.2 Å². The first-order valence-electron chi connectivity index (χ1n) is 8.92. The Bertz CT molecular complexity index is 387. The molecule has 2 heteroatoms. The van der Waals surface area contributed by atoms with Gasteiger partial charge in [0.05, 0.1) is 0 Å². The quantitative estimate of drug-likeness (QED) is 0.843. The molecule has 2 aliphatic rings. The molecule has 1 heterocycles. The van der Waals surface area contributed by atoms with Gasteiger partial charge in [0.25, 0.3) is 0 Å². The lowest BCUT2D eigenvalue weighted by molar-refractivity contribution is 0.181. The van der Waals surface area contributed by atoms with Crippen LogP contribution in [0.4, 0.5) is 0 Å². The summed E-state index contributed by atoms with van der Waals surface area (Å²) in [5, 5.41) is 3.96. The second-order valence-corrected chi connectivity index (χ2v) is 6.89. The standard InChI is InChI=1S/C19H30N2/c1-2-7-11-18(10-6-1)20-19-12-14-21(15-13-19)16-17-8-4-3-5-9-17/h3-5,8-9,18-20H,1-2,6-7,10-16H2. The molecule has 3 rings (SSSR count). The summed E-state index contributed by atoms with van der Waals surface area (Å²) in [6.45, 7) is 3.62. The van der Waals surface area contributed by atoms with E-state index in [9.17, 15) is 0 Å². The molecular weight excluding hydrogens is 256 g/mol. The lowest BCUT2D eigenvalue weighted by Gasteiger charge is -2.34. The van der Waals surface area contributed by atoms with Crippen LogP contribution in [0.2, 0.25) is 0 Å². The molecule has 1 saturated carbocycles. The highest BCUT2D eigenvalue weighted by molar-refractivity contribution is 5.14. The molecule has 0 amide bonds. The van der Waals surface area contributed by atoms with Crippen LogP contribution in [0.15, 0.2) is 30.3 Å². The number of piperidine rings is 1. The molecule has 0 unspecified atom stereocenters. The fourth-order valence-corrected chi connectivity index (χ4v) is 3.88. The lowest BCUT2D eigenvalue weighted by atomic mass is 10.0. The Balaban J connectivity index is 1.40. The van der Waals surface area contributed by atoms with Gasteiger partial charge in [0.1, 0.15) is 0 Å². The Labute approximate surface area is 129 Å². The van der Waals surface area contributed by atoms with Crippen LogP contribution in [0.5, 0.6) is 0 Å². The highest BCUT2D eigenvalue weighted by Gasteiger charge is 2.22. The topological polar surface area (TPSA) is 15.3 Å². The minimum absolute atomic E-state index is 0.764. The number of nitrogens with one attached hydrogen (secondary N) is 1. The minimum atomic E-state index is 0.764. The zero-order chi connectivity index (χ0) is 14.3. The number of rotatable bonds is 4. The van der Waals surface area contributed by atoms with Gasteiger partial charge in [-0.1, -0.05) is 56.0 Å². The van der Waals surface area contributed by atoms with Crippen molar-refractivity contribution >= 4 is 0 Å². The number of nitrogens with zero attached hydrogens (tertiary/aromatic N) is 1. The summed E-state index contributed by atoms with van der Waals surface area (Å²) < 4.78 is 0. The van der Waals surface area contributed by atoms with Gasteiger partial charge >= 0.3 is 0 Å². The van der Waals surface area contributed by atoms with E-state index in [1.165, 1.54) is 70.0 Å². The maximum Gasteiger partial charge on any atom is 0.0233 e. The average molecular weight is 286 g/mol. The van der Waals surface area contributed by atoms with Gasteiger partial charge < -0.3 is 5.32 Å². The van der Waals surface area contributed by atoms with Crippen LogP contribution in [-0.4, -0.2) is 30.1 Å². The number of hydrogen-bond acceptors (Lipinski definition) is 2. The second-order valence-electron chi connectivity index (χ2n) is 6.89. The van der Waals surface area contributed by atoms with Gasteiger partial charge in [-0.25, -0.2) is 0 Å². The van der Waals surface area contributed by atoms with E-state index in [0.717, 1.165) is 18.6 Å². The van der Waals surface area contributed by atoms with E-state index in [1.807, 2.05) is 0 Å². The van der Waals surface area contributed by atoms with E-state index in [1.54, 1.807) is 0 Å². The van der Waals surface area contributed by atoms with Gasteiger partial charge in [-0.3, -0.25) is 4.90 Å². The van der Waals surface area contributed by atoms with E-state index in [2.05, 4.69) is 40.5 Å². The maximum absolute atomic E-state index is 3.96. The second kappa shape index (κ2) is 7.95. The molecule has 0 aromatic heterocycles. The van der Waals surface area contributed by atoms with Crippen molar-refractivity contribution in [1.29, 1.82) is 0 Å². The van der Waals surface area contributed by atoms with Gasteiger partial charge in [0, 0.05) is 18.6 Å². The van der Waals surface area contributed by atoms with Gasteiger partial charge in [-0.15, -0.1) is 0 Å². The summed E-state index contributed by atoms with van der Waals surface area (Å²) in [6, 6.07) is 12.5. The third-order valence-corrected chi connectivity index (χ3v) is 5.16. The first-order valence-corrected chi connectivity index (χ1v) is 8.92. The molecule has 1 saturated heterocycles. The van der Waals surface area contributed by atoms with E-state index in [-0.39, 0.29) is 0 Å². The van der Waals surface area contributed by atoms with Crippen LogP contribution in [0.1, 0.15) is 56.9 Å². The van der Waals surface area contributed by atoms with E-state index in [4.69, 9.17) is 0 Å². The van der Waals surface area contributed by atoms with Crippen molar-refractivity contribution < 1.29 is 0 Å². The lowest BCUT2D eigenvalue weighted by Crippen LogP contribution is -2.45. The molecule has 116 valence electrons. The first-order chi connectivity index (χ1) is 10.4. The predicted molar refractivity (Wildman–Crippen MR) is 89.4 cm³/mol. The zero-order valence-electron chi connectivity index (χ0n) is 13.3. The molecule has 0 atom stereocenters. The molecular formula is C19H30N2. The largest absolute Gasteiger partial charge is 0.311 e. The summed E-state index contributed by atoms with van der Waals surface area (Å²) in [6.07, 6.45) is 11.2. The molecule has 1 aliphatic carbocycles. The van der Waals surface area contributed by atoms with E-state index >= 15 is 0 Å². The highest BCUT2D eigenvalue weighted by Crippen LogP contribution is 2.20. The molecule has 0 spiro atoms. The molecule has 1 aromatic carbocycles. The summed E-state index contributed by atoms with van der Waals surface area (Å²) >= 11 is 0. The van der Waals surface area contributed by atoms with Gasteiger partial charge in [-0.2, -0.15) is 0 Å². The van der Waals surface area contributed by atoms with Gasteiger partial charge in [0.2, 0.25) is 0 Å². The van der Waals surface area contributed by atoms with Crippen LogP contribution in [-0.2, 0) is 6.54 Å². The predicted octanol–water partition coefficient (Wildman–Crippen LogP) is 3.96. The SMILES string of the molecule is c1ccc(CN2CCC(NC3CCCCCC3)CC2)cc1. The molecule has 0 radical (unpaired) electrons. The summed E-state index contributed by atoms with van der Waals surface area (Å²) in [7, 11) is 0. The third-order valence-electron chi connectivity index (χ3n) is 5.16. The van der Waals surface area contributed by atoms with Crippen LogP contribution < -0.4 is 5.32 Å². The summed E-state index contributed by atoms with van der Waals surface area (Å²) in [4.78, 5) is 2.61. The number of hydrogen-bond donors (Lipinski definition) is 1. The Morgan fingerprint density at radius 1 is 0.810 bits per heavy atom. The third kappa shape index (κ3) is 4.82.